The molecule has 1 unspecified atom stereocenters. The molecule has 3 aliphatic heterocycles. The Morgan fingerprint density at radius 1 is 1.29 bits per heavy atom. The summed E-state index contributed by atoms with van der Waals surface area (Å²) in [7, 11) is 0. The summed E-state index contributed by atoms with van der Waals surface area (Å²) in [4.78, 5) is 14.0. The number of rotatable bonds is 3. The summed E-state index contributed by atoms with van der Waals surface area (Å²) < 4.78 is 19.8. The number of hydrogen-bond donors (Lipinski definition) is 3. The van der Waals surface area contributed by atoms with Crippen molar-refractivity contribution in [2.45, 2.75) is 19.0 Å². The van der Waals surface area contributed by atoms with Crippen molar-refractivity contribution in [3.05, 3.63) is 42.2 Å². The van der Waals surface area contributed by atoms with Crippen molar-refractivity contribution in [3.8, 4) is 16.9 Å². The van der Waals surface area contributed by atoms with Crippen LogP contribution in [0.25, 0.3) is 11.1 Å². The lowest BCUT2D eigenvalue weighted by molar-refractivity contribution is -0.122. The summed E-state index contributed by atoms with van der Waals surface area (Å²) in [5.41, 5.74) is 5.82. The van der Waals surface area contributed by atoms with Gasteiger partial charge in [0.05, 0.1) is 11.7 Å². The molecule has 28 heavy (non-hydrogen) atoms. The van der Waals surface area contributed by atoms with Gasteiger partial charge in [-0.15, -0.1) is 0 Å². The van der Waals surface area contributed by atoms with Crippen LogP contribution < -0.4 is 25.7 Å². The molecular weight excluding hydrogens is 361 g/mol. The lowest BCUT2D eigenvalue weighted by Gasteiger charge is -2.39. The Morgan fingerprint density at radius 2 is 2.14 bits per heavy atom. The average Bonchev–Trinajstić information content (AvgIpc) is 2.66. The molecule has 0 saturated carbocycles. The molecule has 7 nitrogen and oxygen atoms in total. The van der Waals surface area contributed by atoms with E-state index >= 15 is 0 Å². The third kappa shape index (κ3) is 2.77. The van der Waals surface area contributed by atoms with Crippen LogP contribution in [0.4, 0.5) is 15.8 Å². The van der Waals surface area contributed by atoms with Gasteiger partial charge in [-0.1, -0.05) is 12.1 Å². The maximum atomic E-state index is 13.8. The van der Waals surface area contributed by atoms with Crippen LogP contribution in [0, 0.1) is 5.82 Å². The fourth-order valence-corrected chi connectivity index (χ4v) is 3.70. The number of fused-ring (bicyclic) bond motifs is 3. The van der Waals surface area contributed by atoms with Crippen molar-refractivity contribution in [3.63, 3.8) is 0 Å². The second kappa shape index (κ2) is 6.49. The normalized spacial score (nSPS) is 20.9. The van der Waals surface area contributed by atoms with E-state index in [2.05, 4.69) is 21.2 Å². The first-order chi connectivity index (χ1) is 13.6. The summed E-state index contributed by atoms with van der Waals surface area (Å²) in [5, 5.41) is 10.9. The van der Waals surface area contributed by atoms with Crippen molar-refractivity contribution in [1.29, 1.82) is 0 Å². The van der Waals surface area contributed by atoms with Crippen LogP contribution in [0.3, 0.4) is 0 Å². The van der Waals surface area contributed by atoms with Gasteiger partial charge in [-0.2, -0.15) is 5.10 Å². The van der Waals surface area contributed by atoms with Gasteiger partial charge in [0.25, 0.3) is 5.91 Å². The number of benzene rings is 2. The molecular formula is C20H20FN5O2. The van der Waals surface area contributed by atoms with E-state index in [4.69, 9.17) is 4.74 Å². The fraction of sp³-hybridized carbons (Fsp3) is 0.300. The van der Waals surface area contributed by atoms with Crippen molar-refractivity contribution >= 4 is 23.1 Å². The number of amides is 1. The van der Waals surface area contributed by atoms with Gasteiger partial charge >= 0.3 is 0 Å². The van der Waals surface area contributed by atoms with Crippen molar-refractivity contribution in [1.82, 2.24) is 10.7 Å². The summed E-state index contributed by atoms with van der Waals surface area (Å²) >= 11 is 0. The Kier molecular flexibility index (Phi) is 3.94. The Balaban J connectivity index is 1.64. The molecule has 1 saturated heterocycles. The number of hydrazone groups is 1. The number of carbonyl (C=O) groups excluding carboxylic acids is 1. The number of halogens is 1. The van der Waals surface area contributed by atoms with Gasteiger partial charge in [-0.05, 0) is 36.8 Å². The number of nitrogens with one attached hydrogen (secondary N) is 3. The average molecular weight is 381 g/mol. The van der Waals surface area contributed by atoms with E-state index in [-0.39, 0.29) is 18.3 Å². The van der Waals surface area contributed by atoms with Gasteiger partial charge in [0.2, 0.25) is 0 Å². The molecule has 8 heteroatoms. The number of nitrogens with zero attached hydrogens (tertiary/aromatic N) is 2. The van der Waals surface area contributed by atoms with Crippen LogP contribution in [0.1, 0.15) is 6.92 Å². The monoisotopic (exact) mass is 381 g/mol. The molecule has 0 spiro atoms. The summed E-state index contributed by atoms with van der Waals surface area (Å²) in [5.74, 6) is 0.859. The molecule has 1 atom stereocenters. The largest absolute Gasteiger partial charge is 0.483 e. The lowest BCUT2D eigenvalue weighted by Crippen LogP contribution is -2.55. The summed E-state index contributed by atoms with van der Waals surface area (Å²) in [6.07, 6.45) is 0. The minimum atomic E-state index is -0.395. The molecule has 2 aromatic carbocycles. The number of ether oxygens (including phenoxy) is 1. The molecule has 0 radical (unpaired) electrons. The third-order valence-corrected chi connectivity index (χ3v) is 5.33. The molecule has 2 aromatic rings. The minimum Gasteiger partial charge on any atom is -0.483 e. The van der Waals surface area contributed by atoms with E-state index in [0.717, 1.165) is 35.6 Å². The van der Waals surface area contributed by atoms with Gasteiger partial charge in [0.15, 0.2) is 5.84 Å². The number of hydrogen-bond acceptors (Lipinski definition) is 6. The fourth-order valence-electron chi connectivity index (χ4n) is 3.70. The maximum absolute atomic E-state index is 13.8. The molecule has 5 rings (SSSR count). The van der Waals surface area contributed by atoms with Gasteiger partial charge in [-0.25, -0.2) is 9.82 Å². The topological polar surface area (TPSA) is 78.0 Å². The predicted octanol–water partition coefficient (Wildman–Crippen LogP) is 1.91. The van der Waals surface area contributed by atoms with Crippen LogP contribution in [-0.4, -0.2) is 43.5 Å². The van der Waals surface area contributed by atoms with E-state index < -0.39 is 6.04 Å². The molecule has 0 aromatic heterocycles. The van der Waals surface area contributed by atoms with E-state index in [1.807, 2.05) is 30.0 Å². The van der Waals surface area contributed by atoms with Crippen molar-refractivity contribution in [2.24, 2.45) is 5.10 Å². The highest BCUT2D eigenvalue weighted by atomic mass is 19.1. The molecule has 3 N–H and O–H groups in total. The van der Waals surface area contributed by atoms with Gasteiger partial charge in [0.1, 0.15) is 24.2 Å². The second-order valence-electron chi connectivity index (χ2n) is 7.21. The smallest absolute Gasteiger partial charge is 0.262 e. The molecule has 1 fully saturated rings. The Labute approximate surface area is 161 Å². The van der Waals surface area contributed by atoms with Crippen LogP contribution in [0.15, 0.2) is 41.5 Å². The lowest BCUT2D eigenvalue weighted by atomic mass is 9.99. The van der Waals surface area contributed by atoms with Crippen LogP contribution in [0.2, 0.25) is 0 Å². The SMILES string of the molecule is CC1C(=O)NN=C2COc3cc(-c4cccc(F)c4)c(NC4CNC4)cc3N21. The van der Waals surface area contributed by atoms with Crippen LogP contribution >= 0.6 is 0 Å². The third-order valence-electron chi connectivity index (χ3n) is 5.33. The molecule has 3 heterocycles. The Bertz CT molecular complexity index is 989. The zero-order chi connectivity index (χ0) is 19.3. The first-order valence-electron chi connectivity index (χ1n) is 9.30. The number of carbonyl (C=O) groups is 1. The van der Waals surface area contributed by atoms with Crippen LogP contribution in [-0.2, 0) is 4.79 Å². The first-order valence-corrected chi connectivity index (χ1v) is 9.30. The molecule has 0 bridgehead atoms. The summed E-state index contributed by atoms with van der Waals surface area (Å²) in [6.45, 7) is 3.83. The van der Waals surface area contributed by atoms with Crippen LogP contribution in [0.5, 0.6) is 5.75 Å². The molecule has 144 valence electrons. The van der Waals surface area contributed by atoms with Gasteiger partial charge in [0, 0.05) is 24.3 Å². The predicted molar refractivity (Wildman–Crippen MR) is 105 cm³/mol. The number of anilines is 2. The molecule has 0 aliphatic carbocycles. The quantitative estimate of drug-likeness (QED) is 0.757. The Hall–Kier alpha value is -3.13. The van der Waals surface area contributed by atoms with Gasteiger partial charge < -0.3 is 20.3 Å². The number of amidine groups is 1. The van der Waals surface area contributed by atoms with Crippen molar-refractivity contribution < 1.29 is 13.9 Å². The second-order valence-corrected chi connectivity index (χ2v) is 7.21. The van der Waals surface area contributed by atoms with E-state index in [1.165, 1.54) is 12.1 Å². The molecule has 1 amide bonds. The van der Waals surface area contributed by atoms with E-state index in [9.17, 15) is 9.18 Å². The zero-order valence-electron chi connectivity index (χ0n) is 15.3. The minimum absolute atomic E-state index is 0.163. The van der Waals surface area contributed by atoms with E-state index in [1.54, 1.807) is 6.07 Å². The van der Waals surface area contributed by atoms with Gasteiger partial charge in [-0.3, -0.25) is 4.79 Å². The highest BCUT2D eigenvalue weighted by Gasteiger charge is 2.36. The first kappa shape index (κ1) is 17.0. The van der Waals surface area contributed by atoms with E-state index in [0.29, 0.717) is 17.6 Å². The molecule has 3 aliphatic rings. The zero-order valence-corrected chi connectivity index (χ0v) is 15.3. The highest BCUT2D eigenvalue weighted by Crippen LogP contribution is 2.43. The highest BCUT2D eigenvalue weighted by molar-refractivity contribution is 6.10. The maximum Gasteiger partial charge on any atom is 0.262 e. The summed E-state index contributed by atoms with van der Waals surface area (Å²) in [6, 6.07) is 10.3. The Morgan fingerprint density at radius 3 is 2.89 bits per heavy atom. The standard InChI is InChI=1S/C20H20FN5O2/c1-11-20(27)25-24-19-10-28-18-6-15(12-3-2-4-13(21)5-12)16(7-17(18)26(11)19)23-14-8-22-9-14/h2-7,11,14,22-23H,8-10H2,1H3,(H,25,27). The van der Waals surface area contributed by atoms with Crippen molar-refractivity contribution in [2.75, 3.05) is 29.9 Å².